The van der Waals surface area contributed by atoms with Gasteiger partial charge >= 0.3 is 6.03 Å². The quantitative estimate of drug-likeness (QED) is 0.387. The normalized spacial score (nSPS) is 19.8. The topological polar surface area (TPSA) is 82.2 Å². The number of urea groups is 1. The van der Waals surface area contributed by atoms with E-state index in [0.717, 1.165) is 50.3 Å². The Balaban J connectivity index is 1.26. The third-order valence-corrected chi connectivity index (χ3v) is 7.81. The largest absolute Gasteiger partial charge is 0.362 e. The van der Waals surface area contributed by atoms with E-state index < -0.39 is 0 Å². The Bertz CT molecular complexity index is 1020. The maximum absolute atomic E-state index is 13.4. The molecule has 0 bridgehead atoms. The zero-order valence-corrected chi connectivity index (χ0v) is 22.7. The zero-order chi connectivity index (χ0) is 24.2. The lowest BCUT2D eigenvalue weighted by Crippen LogP contribution is -2.36. The number of fused-ring (bicyclic) bond motifs is 1. The molecular weight excluding hydrogens is 567 g/mol. The van der Waals surface area contributed by atoms with Crippen molar-refractivity contribution in [1.29, 1.82) is 0 Å². The van der Waals surface area contributed by atoms with Crippen LogP contribution < -0.4 is 20.9 Å². The van der Waals surface area contributed by atoms with E-state index in [-0.39, 0.29) is 11.8 Å². The van der Waals surface area contributed by atoms with E-state index in [1.54, 1.807) is 0 Å². The van der Waals surface area contributed by atoms with Gasteiger partial charge in [-0.1, -0.05) is 0 Å². The number of rotatable bonds is 6. The molecule has 34 heavy (non-hydrogen) atoms. The highest BCUT2D eigenvalue weighted by molar-refractivity contribution is 9.11. The summed E-state index contributed by atoms with van der Waals surface area (Å²) in [7, 11) is 4.09. The molecule has 0 spiro atoms. The van der Waals surface area contributed by atoms with Crippen LogP contribution in [0.1, 0.15) is 49.8 Å². The first-order valence-electron chi connectivity index (χ1n) is 11.8. The Morgan fingerprint density at radius 1 is 1.09 bits per heavy atom. The van der Waals surface area contributed by atoms with Gasteiger partial charge in [0.05, 0.1) is 11.4 Å². The molecule has 0 aliphatic heterocycles. The van der Waals surface area contributed by atoms with Gasteiger partial charge in [0, 0.05) is 41.2 Å². The highest BCUT2D eigenvalue weighted by atomic mass is 79.9. The van der Waals surface area contributed by atoms with Gasteiger partial charge in [0.1, 0.15) is 11.6 Å². The number of hydrogen-bond acceptors (Lipinski definition) is 5. The summed E-state index contributed by atoms with van der Waals surface area (Å²) in [5, 5.41) is 9.31. The van der Waals surface area contributed by atoms with Crippen molar-refractivity contribution in [2.75, 3.05) is 36.2 Å². The predicted molar refractivity (Wildman–Crippen MR) is 141 cm³/mol. The summed E-state index contributed by atoms with van der Waals surface area (Å²) in [6, 6.07) is 2.69. The number of halogens is 3. The molecule has 3 N–H and O–H groups in total. The van der Waals surface area contributed by atoms with E-state index in [2.05, 4.69) is 52.7 Å². The SMILES string of the molecule is CN(C)c1nc(N[C@H]2CC[C@@H](CNC(=O)Nc3c(Br)cc(F)cc3Br)CC2)nc2c1CCCC2. The molecule has 7 nitrogen and oxygen atoms in total. The number of amides is 2. The second-order valence-electron chi connectivity index (χ2n) is 9.34. The molecule has 1 aromatic heterocycles. The van der Waals surface area contributed by atoms with Crippen molar-refractivity contribution in [2.45, 2.75) is 57.4 Å². The van der Waals surface area contributed by atoms with Crippen LogP contribution in [0.3, 0.4) is 0 Å². The summed E-state index contributed by atoms with van der Waals surface area (Å²) < 4.78 is 14.4. The number of carbonyl (C=O) groups excluding carboxylic acids is 1. The lowest BCUT2D eigenvalue weighted by atomic mass is 9.86. The molecule has 1 saturated carbocycles. The summed E-state index contributed by atoms with van der Waals surface area (Å²) in [4.78, 5) is 24.1. The van der Waals surface area contributed by atoms with Crippen molar-refractivity contribution in [3.8, 4) is 0 Å². The van der Waals surface area contributed by atoms with Crippen LogP contribution in [0.4, 0.5) is 26.6 Å². The molecule has 0 saturated heterocycles. The van der Waals surface area contributed by atoms with Crippen LogP contribution in [0.2, 0.25) is 0 Å². The first kappa shape index (κ1) is 25.2. The molecule has 1 aromatic carbocycles. The van der Waals surface area contributed by atoms with Crippen LogP contribution in [0.15, 0.2) is 21.1 Å². The maximum Gasteiger partial charge on any atom is 0.319 e. The molecule has 10 heteroatoms. The maximum atomic E-state index is 13.4. The van der Waals surface area contributed by atoms with Gasteiger partial charge in [0.15, 0.2) is 0 Å². The Hall–Kier alpha value is -1.94. The van der Waals surface area contributed by atoms with Crippen LogP contribution in [0.5, 0.6) is 0 Å². The van der Waals surface area contributed by atoms with Gasteiger partial charge in [0.25, 0.3) is 0 Å². The number of anilines is 3. The molecule has 184 valence electrons. The van der Waals surface area contributed by atoms with Crippen molar-refractivity contribution in [3.63, 3.8) is 0 Å². The lowest BCUT2D eigenvalue weighted by Gasteiger charge is -2.30. The van der Waals surface area contributed by atoms with Gasteiger partial charge in [-0.25, -0.2) is 14.2 Å². The summed E-state index contributed by atoms with van der Waals surface area (Å²) in [6.07, 6.45) is 8.56. The number of nitrogens with zero attached hydrogens (tertiary/aromatic N) is 3. The van der Waals surface area contributed by atoms with Crippen LogP contribution in [0.25, 0.3) is 0 Å². The van der Waals surface area contributed by atoms with Crippen molar-refractivity contribution < 1.29 is 9.18 Å². The average Bonchev–Trinajstić information content (AvgIpc) is 2.80. The van der Waals surface area contributed by atoms with E-state index in [1.165, 1.54) is 36.2 Å². The third kappa shape index (κ3) is 6.19. The van der Waals surface area contributed by atoms with Crippen LogP contribution in [-0.2, 0) is 12.8 Å². The standard InChI is InChI=1S/C24H31Br2FN6O/c1-33(2)22-17-5-3-4-6-20(17)30-23(32-22)29-16-9-7-14(8-10-16)13-28-24(34)31-21-18(25)11-15(27)12-19(21)26/h11-12,14,16H,3-10,13H2,1-2H3,(H2,28,31,34)(H,29,30,32)/t14-,16+. The Morgan fingerprint density at radius 2 is 1.76 bits per heavy atom. The summed E-state index contributed by atoms with van der Waals surface area (Å²) in [5.41, 5.74) is 3.00. The molecule has 0 atom stereocenters. The van der Waals surface area contributed by atoms with E-state index in [4.69, 9.17) is 9.97 Å². The Labute approximate surface area is 216 Å². The molecule has 0 unspecified atom stereocenters. The van der Waals surface area contributed by atoms with Gasteiger partial charge in [-0.2, -0.15) is 4.98 Å². The van der Waals surface area contributed by atoms with Crippen molar-refractivity contribution in [1.82, 2.24) is 15.3 Å². The summed E-state index contributed by atoms with van der Waals surface area (Å²) in [5.74, 6) is 1.82. The van der Waals surface area contributed by atoms with Crippen molar-refractivity contribution in [2.24, 2.45) is 5.92 Å². The number of benzene rings is 1. The summed E-state index contributed by atoms with van der Waals surface area (Å²) >= 11 is 6.58. The van der Waals surface area contributed by atoms with Crippen LogP contribution in [-0.4, -0.2) is 42.7 Å². The highest BCUT2D eigenvalue weighted by Gasteiger charge is 2.24. The van der Waals surface area contributed by atoms with Gasteiger partial charge in [-0.3, -0.25) is 0 Å². The molecule has 0 radical (unpaired) electrons. The van der Waals surface area contributed by atoms with Gasteiger partial charge < -0.3 is 20.9 Å². The van der Waals surface area contributed by atoms with Gasteiger partial charge in [-0.05, 0) is 101 Å². The molecule has 2 aliphatic carbocycles. The molecule has 1 heterocycles. The van der Waals surface area contributed by atoms with Crippen molar-refractivity contribution >= 4 is 55.3 Å². The van der Waals surface area contributed by atoms with E-state index in [9.17, 15) is 9.18 Å². The summed E-state index contributed by atoms with van der Waals surface area (Å²) in [6.45, 7) is 0.606. The molecule has 2 aliphatic rings. The Morgan fingerprint density at radius 3 is 2.44 bits per heavy atom. The first-order chi connectivity index (χ1) is 16.3. The lowest BCUT2D eigenvalue weighted by molar-refractivity contribution is 0.246. The minimum atomic E-state index is -0.381. The minimum Gasteiger partial charge on any atom is -0.362 e. The first-order valence-corrected chi connectivity index (χ1v) is 13.4. The van der Waals surface area contributed by atoms with Crippen LogP contribution >= 0.6 is 31.9 Å². The predicted octanol–water partition coefficient (Wildman–Crippen LogP) is 5.88. The monoisotopic (exact) mass is 596 g/mol. The van der Waals surface area contributed by atoms with E-state index in [0.29, 0.717) is 33.1 Å². The molecule has 2 aromatic rings. The zero-order valence-electron chi connectivity index (χ0n) is 19.6. The molecular formula is C24H31Br2FN6O. The fourth-order valence-electron chi connectivity index (χ4n) is 4.76. The smallest absolute Gasteiger partial charge is 0.319 e. The van der Waals surface area contributed by atoms with Crippen LogP contribution in [0, 0.1) is 11.7 Å². The second kappa shape index (κ2) is 11.2. The minimum absolute atomic E-state index is 0.299. The number of aromatic nitrogens is 2. The number of aryl methyl sites for hydroxylation is 1. The fraction of sp³-hybridized carbons (Fsp3) is 0.542. The van der Waals surface area contributed by atoms with Gasteiger partial charge in [-0.15, -0.1) is 0 Å². The molecule has 4 rings (SSSR count). The number of hydrogen-bond donors (Lipinski definition) is 3. The molecule has 2 amide bonds. The van der Waals surface area contributed by atoms with Gasteiger partial charge in [0.2, 0.25) is 5.95 Å². The Kier molecular flexibility index (Phi) is 8.29. The van der Waals surface area contributed by atoms with E-state index in [1.807, 2.05) is 14.1 Å². The fourth-order valence-corrected chi connectivity index (χ4v) is 6.09. The second-order valence-corrected chi connectivity index (χ2v) is 11.0. The van der Waals surface area contributed by atoms with Crippen molar-refractivity contribution in [3.05, 3.63) is 38.2 Å². The van der Waals surface area contributed by atoms with E-state index >= 15 is 0 Å². The third-order valence-electron chi connectivity index (χ3n) is 6.56. The number of nitrogens with one attached hydrogen (secondary N) is 3. The molecule has 1 fully saturated rings. The number of carbonyl (C=O) groups is 1. The highest BCUT2D eigenvalue weighted by Crippen LogP contribution is 2.32. The average molecular weight is 598 g/mol.